The smallest absolute Gasteiger partial charge is 0.314 e. The van der Waals surface area contributed by atoms with Crippen LogP contribution in [-0.4, -0.2) is 22.4 Å². The lowest BCUT2D eigenvalue weighted by molar-refractivity contribution is 0.0952. The molecule has 0 unspecified atom stereocenters. The predicted molar refractivity (Wildman–Crippen MR) is 92.4 cm³/mol. The Morgan fingerprint density at radius 1 is 1.00 bits per heavy atom. The maximum absolute atomic E-state index is 12.3. The van der Waals surface area contributed by atoms with Crippen LogP contribution in [0.25, 0.3) is 11.0 Å². The van der Waals surface area contributed by atoms with E-state index in [0.717, 1.165) is 5.56 Å². The third-order valence-corrected chi connectivity index (χ3v) is 3.92. The summed E-state index contributed by atoms with van der Waals surface area (Å²) >= 11 is 0. The van der Waals surface area contributed by atoms with Gasteiger partial charge in [0.05, 0.1) is 11.0 Å². The number of nitrogens with one attached hydrogen (secondary N) is 3. The third-order valence-electron chi connectivity index (χ3n) is 3.92. The Morgan fingerprint density at radius 2 is 1.67 bits per heavy atom. The van der Waals surface area contributed by atoms with Gasteiger partial charge in [-0.2, -0.15) is 0 Å². The van der Waals surface area contributed by atoms with Crippen molar-refractivity contribution in [1.82, 2.24) is 15.3 Å². The Morgan fingerprint density at radius 3 is 2.38 bits per heavy atom. The number of H-pyrrole nitrogens is 2. The van der Waals surface area contributed by atoms with E-state index >= 15 is 0 Å². The molecule has 6 nitrogen and oxygen atoms in total. The molecule has 0 aliphatic rings. The van der Waals surface area contributed by atoms with Crippen LogP contribution in [0.5, 0.6) is 0 Å². The van der Waals surface area contributed by atoms with Crippen molar-refractivity contribution in [3.8, 4) is 0 Å². The summed E-state index contributed by atoms with van der Waals surface area (Å²) in [5.41, 5.74) is 1.02. The first-order valence-corrected chi connectivity index (χ1v) is 7.64. The van der Waals surface area contributed by atoms with Crippen molar-refractivity contribution >= 4 is 16.9 Å². The summed E-state index contributed by atoms with van der Waals surface area (Å²) in [4.78, 5) is 39.9. The highest BCUT2D eigenvalue weighted by Crippen LogP contribution is 2.14. The number of aromatic amines is 2. The van der Waals surface area contributed by atoms with Gasteiger partial charge in [-0.15, -0.1) is 0 Å². The van der Waals surface area contributed by atoms with Gasteiger partial charge in [-0.05, 0) is 29.7 Å². The fourth-order valence-electron chi connectivity index (χ4n) is 2.50. The minimum Gasteiger partial charge on any atom is -0.351 e. The van der Waals surface area contributed by atoms with Gasteiger partial charge < -0.3 is 15.3 Å². The number of fused-ring (bicyclic) bond motifs is 1. The Kier molecular flexibility index (Phi) is 4.29. The molecule has 3 rings (SSSR count). The molecule has 2 aromatic carbocycles. The minimum absolute atomic E-state index is 0.187. The molecule has 0 spiro atoms. The zero-order valence-electron chi connectivity index (χ0n) is 13.1. The second kappa shape index (κ2) is 6.54. The topological polar surface area (TPSA) is 94.8 Å². The molecule has 0 saturated heterocycles. The van der Waals surface area contributed by atoms with Gasteiger partial charge in [-0.1, -0.05) is 37.3 Å². The van der Waals surface area contributed by atoms with E-state index in [-0.39, 0.29) is 11.8 Å². The summed E-state index contributed by atoms with van der Waals surface area (Å²) in [6.07, 6.45) is 0. The quantitative estimate of drug-likeness (QED) is 0.638. The summed E-state index contributed by atoms with van der Waals surface area (Å²) in [6.45, 7) is 2.54. The average molecular weight is 323 g/mol. The molecule has 1 amide bonds. The highest BCUT2D eigenvalue weighted by molar-refractivity contribution is 5.97. The van der Waals surface area contributed by atoms with Gasteiger partial charge in [0.1, 0.15) is 0 Å². The lowest BCUT2D eigenvalue weighted by atomic mass is 10.0. The van der Waals surface area contributed by atoms with Crippen LogP contribution in [0, 0.1) is 0 Å². The molecular weight excluding hydrogens is 306 g/mol. The lowest BCUT2D eigenvalue weighted by Gasteiger charge is -2.13. The van der Waals surface area contributed by atoms with E-state index < -0.39 is 11.1 Å². The van der Waals surface area contributed by atoms with Crippen LogP contribution in [0.3, 0.4) is 0 Å². The van der Waals surface area contributed by atoms with E-state index in [1.165, 1.54) is 0 Å². The number of aromatic nitrogens is 2. The van der Waals surface area contributed by atoms with Crippen molar-refractivity contribution in [2.45, 2.75) is 12.8 Å². The van der Waals surface area contributed by atoms with Crippen molar-refractivity contribution < 1.29 is 4.79 Å². The normalized spacial score (nSPS) is 12.0. The molecule has 3 N–H and O–H groups in total. The summed E-state index contributed by atoms with van der Waals surface area (Å²) < 4.78 is 0. The van der Waals surface area contributed by atoms with Crippen molar-refractivity contribution in [3.63, 3.8) is 0 Å². The molecule has 3 aromatic rings. The zero-order chi connectivity index (χ0) is 17.1. The van der Waals surface area contributed by atoms with Crippen molar-refractivity contribution in [1.29, 1.82) is 0 Å². The Bertz CT molecular complexity index is 990. The molecule has 0 radical (unpaired) electrons. The van der Waals surface area contributed by atoms with E-state index in [0.29, 0.717) is 23.1 Å². The zero-order valence-corrected chi connectivity index (χ0v) is 13.1. The van der Waals surface area contributed by atoms with Crippen molar-refractivity contribution in [3.05, 3.63) is 80.4 Å². The first-order valence-electron chi connectivity index (χ1n) is 7.64. The van der Waals surface area contributed by atoms with Crippen molar-refractivity contribution in [2.24, 2.45) is 0 Å². The number of carbonyl (C=O) groups excluding carboxylic acids is 1. The molecule has 122 valence electrons. The molecule has 0 aliphatic carbocycles. The van der Waals surface area contributed by atoms with Gasteiger partial charge in [0, 0.05) is 12.1 Å². The fraction of sp³-hybridized carbons (Fsp3) is 0.167. The average Bonchev–Trinajstić information content (AvgIpc) is 2.60. The highest BCUT2D eigenvalue weighted by Gasteiger charge is 2.10. The van der Waals surface area contributed by atoms with Crippen LogP contribution in [0.1, 0.15) is 28.8 Å². The third kappa shape index (κ3) is 3.27. The van der Waals surface area contributed by atoms with E-state index in [1.807, 2.05) is 37.3 Å². The molecule has 0 bridgehead atoms. The predicted octanol–water partition coefficient (Wildman–Crippen LogP) is 1.75. The second-order valence-corrected chi connectivity index (χ2v) is 5.69. The van der Waals surface area contributed by atoms with Gasteiger partial charge in [0.2, 0.25) is 0 Å². The monoisotopic (exact) mass is 323 g/mol. The maximum Gasteiger partial charge on any atom is 0.314 e. The van der Waals surface area contributed by atoms with Crippen LogP contribution in [0.4, 0.5) is 0 Å². The number of carbonyl (C=O) groups is 1. The molecule has 1 atom stereocenters. The largest absolute Gasteiger partial charge is 0.351 e. The lowest BCUT2D eigenvalue weighted by Crippen LogP contribution is -2.29. The van der Waals surface area contributed by atoms with Crippen LogP contribution >= 0.6 is 0 Å². The second-order valence-electron chi connectivity index (χ2n) is 5.69. The first-order chi connectivity index (χ1) is 11.5. The Balaban J connectivity index is 1.75. The van der Waals surface area contributed by atoms with Crippen LogP contribution in [0.2, 0.25) is 0 Å². The Labute approximate surface area is 137 Å². The van der Waals surface area contributed by atoms with Gasteiger partial charge >= 0.3 is 11.1 Å². The number of rotatable bonds is 4. The van der Waals surface area contributed by atoms with Gasteiger partial charge in [-0.25, -0.2) is 0 Å². The van der Waals surface area contributed by atoms with Gasteiger partial charge in [0.25, 0.3) is 5.91 Å². The molecular formula is C18H17N3O3. The number of benzene rings is 2. The standard InChI is InChI=1S/C18H17N3O3/c1-11(12-5-3-2-4-6-12)10-19-16(22)13-7-8-14-15(9-13)21-18(24)17(23)20-14/h2-9,11H,10H2,1H3,(H,19,22)(H,20,23)(H,21,24)/t11-/m0/s1. The van der Waals surface area contributed by atoms with Crippen LogP contribution in [0.15, 0.2) is 58.1 Å². The fourth-order valence-corrected chi connectivity index (χ4v) is 2.50. The summed E-state index contributed by atoms with van der Waals surface area (Å²) in [6, 6.07) is 14.7. The van der Waals surface area contributed by atoms with E-state index in [1.54, 1.807) is 18.2 Å². The molecule has 0 fully saturated rings. The van der Waals surface area contributed by atoms with Crippen LogP contribution < -0.4 is 16.4 Å². The van der Waals surface area contributed by atoms with Crippen LogP contribution in [-0.2, 0) is 0 Å². The van der Waals surface area contributed by atoms with E-state index in [9.17, 15) is 14.4 Å². The Hall–Kier alpha value is -3.15. The van der Waals surface area contributed by atoms with E-state index in [2.05, 4.69) is 15.3 Å². The molecule has 1 aromatic heterocycles. The van der Waals surface area contributed by atoms with E-state index in [4.69, 9.17) is 0 Å². The number of hydrogen-bond donors (Lipinski definition) is 3. The van der Waals surface area contributed by atoms with Gasteiger partial charge in [-0.3, -0.25) is 14.4 Å². The first kappa shape index (κ1) is 15.7. The molecule has 0 saturated carbocycles. The number of amides is 1. The molecule has 24 heavy (non-hydrogen) atoms. The minimum atomic E-state index is -0.738. The summed E-state index contributed by atoms with van der Waals surface area (Å²) in [5, 5.41) is 2.89. The van der Waals surface area contributed by atoms with Gasteiger partial charge in [0.15, 0.2) is 0 Å². The number of hydrogen-bond acceptors (Lipinski definition) is 3. The van der Waals surface area contributed by atoms with Crippen molar-refractivity contribution in [2.75, 3.05) is 6.54 Å². The SMILES string of the molecule is C[C@@H](CNC(=O)c1ccc2[nH]c(=O)c(=O)[nH]c2c1)c1ccccc1. The highest BCUT2D eigenvalue weighted by atomic mass is 16.2. The summed E-state index contributed by atoms with van der Waals surface area (Å²) in [5.74, 6) is -0.0431. The molecule has 1 heterocycles. The summed E-state index contributed by atoms with van der Waals surface area (Å²) in [7, 11) is 0. The molecule has 0 aliphatic heterocycles. The maximum atomic E-state index is 12.3. The molecule has 6 heteroatoms.